The van der Waals surface area contributed by atoms with Gasteiger partial charge in [0.25, 0.3) is 6.43 Å². The van der Waals surface area contributed by atoms with Crippen molar-refractivity contribution < 1.29 is 13.2 Å². The highest BCUT2D eigenvalue weighted by Gasteiger charge is 2.17. The van der Waals surface area contributed by atoms with Crippen molar-refractivity contribution in [1.29, 1.82) is 5.26 Å². The van der Waals surface area contributed by atoms with E-state index in [9.17, 15) is 13.2 Å². The maximum Gasteiger partial charge on any atom is 0.281 e. The van der Waals surface area contributed by atoms with Crippen molar-refractivity contribution in [3.63, 3.8) is 0 Å². The fourth-order valence-electron chi connectivity index (χ4n) is 0.880. The molecule has 0 bridgehead atoms. The van der Waals surface area contributed by atoms with Gasteiger partial charge in [-0.15, -0.1) is 0 Å². The van der Waals surface area contributed by atoms with Gasteiger partial charge < -0.3 is 0 Å². The highest BCUT2D eigenvalue weighted by molar-refractivity contribution is 6.31. The van der Waals surface area contributed by atoms with Crippen molar-refractivity contribution in [3.05, 3.63) is 28.3 Å². The van der Waals surface area contributed by atoms with E-state index in [1.807, 2.05) is 0 Å². The Morgan fingerprint density at radius 2 is 2.21 bits per heavy atom. The van der Waals surface area contributed by atoms with Crippen LogP contribution in [0.4, 0.5) is 13.2 Å². The highest BCUT2D eigenvalue weighted by Crippen LogP contribution is 2.26. The Bertz CT molecular complexity index is 387. The van der Waals surface area contributed by atoms with Gasteiger partial charge in [-0.2, -0.15) is 9.65 Å². The zero-order chi connectivity index (χ0) is 10.7. The summed E-state index contributed by atoms with van der Waals surface area (Å²) in [5, 5.41) is 7.95. The molecule has 0 saturated carbocycles. The van der Waals surface area contributed by atoms with Gasteiger partial charge >= 0.3 is 0 Å². The summed E-state index contributed by atoms with van der Waals surface area (Å²) in [7, 11) is 0. The summed E-state index contributed by atoms with van der Waals surface area (Å²) in [6.07, 6.45) is -3.17. The Kier molecular flexibility index (Phi) is 3.31. The van der Waals surface area contributed by atoms with Gasteiger partial charge in [-0.1, -0.05) is 11.6 Å². The summed E-state index contributed by atoms with van der Waals surface area (Å²) < 4.78 is 37.2. The zero-order valence-corrected chi connectivity index (χ0v) is 7.52. The third-order valence-electron chi connectivity index (χ3n) is 1.51. The predicted octanol–water partition coefficient (Wildman–Crippen LogP) is 2.88. The number of rotatable bonds is 2. The van der Waals surface area contributed by atoms with E-state index in [0.29, 0.717) is 0 Å². The minimum atomic E-state index is -2.92. The van der Waals surface area contributed by atoms with Crippen LogP contribution >= 0.6 is 11.6 Å². The van der Waals surface area contributed by atoms with Gasteiger partial charge in [0.2, 0.25) is 5.95 Å². The summed E-state index contributed by atoms with van der Waals surface area (Å²) in [4.78, 5) is 2.99. The first-order chi connectivity index (χ1) is 6.56. The fraction of sp³-hybridized carbons (Fsp3) is 0.250. The van der Waals surface area contributed by atoms with Crippen molar-refractivity contribution >= 4 is 11.6 Å². The third kappa shape index (κ3) is 2.15. The van der Waals surface area contributed by atoms with Gasteiger partial charge in [0.1, 0.15) is 5.69 Å². The van der Waals surface area contributed by atoms with Crippen LogP contribution in [0, 0.1) is 17.3 Å². The van der Waals surface area contributed by atoms with Crippen LogP contribution in [0.3, 0.4) is 0 Å². The van der Waals surface area contributed by atoms with Crippen molar-refractivity contribution in [1.82, 2.24) is 4.98 Å². The van der Waals surface area contributed by atoms with Crippen molar-refractivity contribution in [3.8, 4) is 6.07 Å². The number of hydrogen-bond acceptors (Lipinski definition) is 2. The predicted molar refractivity (Wildman–Crippen MR) is 43.5 cm³/mol. The molecule has 14 heavy (non-hydrogen) atoms. The van der Waals surface area contributed by atoms with E-state index in [0.717, 1.165) is 6.07 Å². The molecule has 0 atom stereocenters. The lowest BCUT2D eigenvalue weighted by Gasteiger charge is -2.04. The molecule has 1 aromatic heterocycles. The number of halogens is 4. The Balaban J connectivity index is 3.18. The topological polar surface area (TPSA) is 36.7 Å². The van der Waals surface area contributed by atoms with E-state index >= 15 is 0 Å². The summed E-state index contributed by atoms with van der Waals surface area (Å²) in [5.74, 6) is -1.08. The molecule has 74 valence electrons. The first-order valence-electron chi connectivity index (χ1n) is 3.56. The second-order valence-corrected chi connectivity index (χ2v) is 2.85. The number of hydrogen-bond donors (Lipinski definition) is 0. The Labute approximate surface area is 82.9 Å². The van der Waals surface area contributed by atoms with Gasteiger partial charge in [0, 0.05) is 5.56 Å². The Morgan fingerprint density at radius 3 is 2.71 bits per heavy atom. The summed E-state index contributed by atoms with van der Waals surface area (Å²) >= 11 is 5.41. The molecular formula is C8H4ClF3N2. The minimum absolute atomic E-state index is 0.0816. The zero-order valence-electron chi connectivity index (χ0n) is 6.77. The molecule has 0 aliphatic carbocycles. The van der Waals surface area contributed by atoms with E-state index in [2.05, 4.69) is 4.98 Å². The quantitative estimate of drug-likeness (QED) is 0.719. The molecule has 2 nitrogen and oxygen atoms in total. The van der Waals surface area contributed by atoms with Crippen LogP contribution in [0.2, 0.25) is 5.02 Å². The first kappa shape index (κ1) is 10.8. The average molecular weight is 221 g/mol. The maximum absolute atomic E-state index is 12.9. The van der Waals surface area contributed by atoms with Gasteiger partial charge in [-0.3, -0.25) is 0 Å². The Morgan fingerprint density at radius 1 is 1.57 bits per heavy atom. The lowest BCUT2D eigenvalue weighted by molar-refractivity contribution is 0.145. The molecule has 0 saturated heterocycles. The molecule has 0 aromatic carbocycles. The summed E-state index contributed by atoms with van der Waals surface area (Å²) in [6.45, 7) is 0. The SMILES string of the molecule is N#CCc1cc(Cl)c(C(F)F)nc1F. The monoisotopic (exact) mass is 220 g/mol. The van der Waals surface area contributed by atoms with Crippen LogP contribution in [-0.4, -0.2) is 4.98 Å². The molecule has 0 unspecified atom stereocenters. The lowest BCUT2D eigenvalue weighted by Crippen LogP contribution is -1.99. The molecule has 0 spiro atoms. The van der Waals surface area contributed by atoms with Crippen molar-refractivity contribution in [2.24, 2.45) is 0 Å². The Hall–Kier alpha value is -1.28. The van der Waals surface area contributed by atoms with Crippen LogP contribution in [0.5, 0.6) is 0 Å². The number of nitrogens with zero attached hydrogens (tertiary/aromatic N) is 2. The van der Waals surface area contributed by atoms with E-state index in [-0.39, 0.29) is 17.0 Å². The molecule has 1 rings (SSSR count). The molecular weight excluding hydrogens is 217 g/mol. The molecule has 0 aliphatic rings. The van der Waals surface area contributed by atoms with Crippen molar-refractivity contribution in [2.45, 2.75) is 12.8 Å². The second-order valence-electron chi connectivity index (χ2n) is 2.44. The average Bonchev–Trinajstić information content (AvgIpc) is 2.10. The van der Waals surface area contributed by atoms with E-state index < -0.39 is 18.1 Å². The largest absolute Gasteiger partial charge is 0.281 e. The minimum Gasteiger partial charge on any atom is -0.217 e. The molecule has 0 N–H and O–H groups in total. The van der Waals surface area contributed by atoms with Crippen LogP contribution in [0.15, 0.2) is 6.07 Å². The van der Waals surface area contributed by atoms with Crippen LogP contribution in [0.1, 0.15) is 17.7 Å². The summed E-state index contributed by atoms with van der Waals surface area (Å²) in [6, 6.07) is 2.67. The molecule has 0 fully saturated rings. The molecule has 6 heteroatoms. The standard InChI is InChI=1S/C8H4ClF3N2/c9-5-3-4(1-2-13)8(12)14-6(5)7(10)11/h3,7H,1H2. The molecule has 0 aliphatic heterocycles. The van der Waals surface area contributed by atoms with Crippen molar-refractivity contribution in [2.75, 3.05) is 0 Å². The molecule has 0 amide bonds. The second kappa shape index (κ2) is 4.29. The number of aromatic nitrogens is 1. The number of alkyl halides is 2. The van der Waals surface area contributed by atoms with Crippen LogP contribution in [0.25, 0.3) is 0 Å². The van der Waals surface area contributed by atoms with Crippen LogP contribution in [-0.2, 0) is 6.42 Å². The lowest BCUT2D eigenvalue weighted by atomic mass is 10.2. The van der Waals surface area contributed by atoms with Gasteiger partial charge in [0.15, 0.2) is 0 Å². The normalized spacial score (nSPS) is 10.3. The van der Waals surface area contributed by atoms with Gasteiger partial charge in [0.05, 0.1) is 17.5 Å². The smallest absolute Gasteiger partial charge is 0.217 e. The molecule has 1 aromatic rings. The van der Waals surface area contributed by atoms with Gasteiger partial charge in [-0.05, 0) is 6.07 Å². The van der Waals surface area contributed by atoms with E-state index in [1.165, 1.54) is 0 Å². The maximum atomic E-state index is 12.9. The summed E-state index contributed by atoms with van der Waals surface area (Å²) in [5.41, 5.74) is -0.882. The fourth-order valence-corrected chi connectivity index (χ4v) is 1.14. The first-order valence-corrected chi connectivity index (χ1v) is 3.94. The van der Waals surface area contributed by atoms with E-state index in [1.54, 1.807) is 6.07 Å². The number of nitriles is 1. The van der Waals surface area contributed by atoms with Gasteiger partial charge in [-0.25, -0.2) is 13.8 Å². The third-order valence-corrected chi connectivity index (χ3v) is 1.81. The molecule has 0 radical (unpaired) electrons. The number of pyridine rings is 1. The highest BCUT2D eigenvalue weighted by atomic mass is 35.5. The van der Waals surface area contributed by atoms with Crippen LogP contribution < -0.4 is 0 Å². The molecule has 1 heterocycles. The van der Waals surface area contributed by atoms with E-state index in [4.69, 9.17) is 16.9 Å².